The number of guanidine groups is 1. The van der Waals surface area contributed by atoms with Crippen molar-refractivity contribution in [3.63, 3.8) is 0 Å². The van der Waals surface area contributed by atoms with Gasteiger partial charge in [0.05, 0.1) is 6.10 Å². The SMILES string of the molecule is CN=C(NCC1CCOC1c1ccccc1)NC1CCCN(c2cccc(F)c2)C1.I. The first kappa shape index (κ1) is 23.8. The van der Waals surface area contributed by atoms with Crippen molar-refractivity contribution < 1.29 is 9.13 Å². The van der Waals surface area contributed by atoms with Crippen molar-refractivity contribution >= 4 is 35.6 Å². The lowest BCUT2D eigenvalue weighted by Crippen LogP contribution is -2.52. The molecule has 7 heteroatoms. The summed E-state index contributed by atoms with van der Waals surface area (Å²) in [7, 11) is 1.81. The lowest BCUT2D eigenvalue weighted by molar-refractivity contribution is 0.0915. The molecule has 0 aliphatic carbocycles. The van der Waals surface area contributed by atoms with Crippen molar-refractivity contribution in [3.8, 4) is 0 Å². The summed E-state index contributed by atoms with van der Waals surface area (Å²) in [5.74, 6) is 1.05. The van der Waals surface area contributed by atoms with Crippen LogP contribution in [0.25, 0.3) is 0 Å². The van der Waals surface area contributed by atoms with E-state index in [1.807, 2.05) is 19.2 Å². The number of hydrogen-bond donors (Lipinski definition) is 2. The Hall–Kier alpha value is -1.87. The van der Waals surface area contributed by atoms with Gasteiger partial charge in [0.1, 0.15) is 5.82 Å². The fourth-order valence-corrected chi connectivity index (χ4v) is 4.47. The minimum atomic E-state index is -0.188. The van der Waals surface area contributed by atoms with Crippen molar-refractivity contribution in [2.75, 3.05) is 38.2 Å². The number of nitrogens with one attached hydrogen (secondary N) is 2. The largest absolute Gasteiger partial charge is 0.373 e. The van der Waals surface area contributed by atoms with Gasteiger partial charge in [-0.15, -0.1) is 24.0 Å². The van der Waals surface area contributed by atoms with Gasteiger partial charge in [-0.1, -0.05) is 36.4 Å². The summed E-state index contributed by atoms with van der Waals surface area (Å²) in [5, 5.41) is 7.06. The number of nitrogens with zero attached hydrogens (tertiary/aromatic N) is 2. The van der Waals surface area contributed by atoms with E-state index in [1.165, 1.54) is 11.6 Å². The number of benzene rings is 2. The molecule has 31 heavy (non-hydrogen) atoms. The molecule has 2 aromatic rings. The zero-order valence-corrected chi connectivity index (χ0v) is 20.3. The maximum atomic E-state index is 13.6. The van der Waals surface area contributed by atoms with Crippen LogP contribution >= 0.6 is 24.0 Å². The van der Waals surface area contributed by atoms with E-state index in [4.69, 9.17) is 4.74 Å². The third-order valence-electron chi connectivity index (χ3n) is 6.03. The first-order chi connectivity index (χ1) is 14.7. The van der Waals surface area contributed by atoms with E-state index in [2.05, 4.69) is 44.8 Å². The Morgan fingerprint density at radius 3 is 2.77 bits per heavy atom. The lowest BCUT2D eigenvalue weighted by atomic mass is 9.95. The van der Waals surface area contributed by atoms with Crippen LogP contribution in [0.1, 0.15) is 30.9 Å². The predicted octanol–water partition coefficient (Wildman–Crippen LogP) is 4.36. The van der Waals surface area contributed by atoms with E-state index in [0.29, 0.717) is 5.92 Å². The number of rotatable bonds is 5. The molecule has 2 aliphatic rings. The molecule has 2 heterocycles. The Kier molecular flexibility index (Phi) is 8.95. The smallest absolute Gasteiger partial charge is 0.191 e. The summed E-state index contributed by atoms with van der Waals surface area (Å²) in [4.78, 5) is 6.67. The topological polar surface area (TPSA) is 48.9 Å². The van der Waals surface area contributed by atoms with Gasteiger partial charge in [0.2, 0.25) is 0 Å². The average Bonchev–Trinajstić information content (AvgIpc) is 3.26. The van der Waals surface area contributed by atoms with Crippen LogP contribution in [-0.2, 0) is 4.74 Å². The maximum absolute atomic E-state index is 13.6. The summed E-state index contributed by atoms with van der Waals surface area (Å²) in [6.45, 7) is 3.40. The fourth-order valence-electron chi connectivity index (χ4n) is 4.47. The number of hydrogen-bond acceptors (Lipinski definition) is 3. The van der Waals surface area contributed by atoms with Crippen LogP contribution < -0.4 is 15.5 Å². The van der Waals surface area contributed by atoms with Gasteiger partial charge in [-0.05, 0) is 43.0 Å². The van der Waals surface area contributed by atoms with Gasteiger partial charge in [-0.25, -0.2) is 4.39 Å². The first-order valence-corrected chi connectivity index (χ1v) is 10.9. The molecule has 3 unspecified atom stereocenters. The van der Waals surface area contributed by atoms with Crippen LogP contribution in [0.15, 0.2) is 59.6 Å². The minimum Gasteiger partial charge on any atom is -0.373 e. The van der Waals surface area contributed by atoms with E-state index < -0.39 is 0 Å². The quantitative estimate of drug-likeness (QED) is 0.338. The number of aliphatic imine (C=N–C) groups is 1. The van der Waals surface area contributed by atoms with Gasteiger partial charge < -0.3 is 20.3 Å². The van der Waals surface area contributed by atoms with Gasteiger partial charge in [0.25, 0.3) is 0 Å². The van der Waals surface area contributed by atoms with E-state index in [-0.39, 0.29) is 41.9 Å². The van der Waals surface area contributed by atoms with E-state index in [1.54, 1.807) is 12.1 Å². The van der Waals surface area contributed by atoms with Crippen LogP contribution in [0.3, 0.4) is 0 Å². The molecule has 2 fully saturated rings. The molecule has 2 aliphatic heterocycles. The van der Waals surface area contributed by atoms with Gasteiger partial charge >= 0.3 is 0 Å². The molecule has 3 atom stereocenters. The molecule has 0 amide bonds. The van der Waals surface area contributed by atoms with Crippen molar-refractivity contribution in [1.29, 1.82) is 0 Å². The Morgan fingerprint density at radius 2 is 2.00 bits per heavy atom. The highest BCUT2D eigenvalue weighted by Gasteiger charge is 2.30. The van der Waals surface area contributed by atoms with Crippen LogP contribution in [0, 0.1) is 11.7 Å². The van der Waals surface area contributed by atoms with Crippen LogP contribution in [0.5, 0.6) is 0 Å². The molecular weight excluding hydrogens is 506 g/mol. The average molecular weight is 538 g/mol. The summed E-state index contributed by atoms with van der Waals surface area (Å²) < 4.78 is 19.6. The molecule has 0 aromatic heterocycles. The molecule has 4 rings (SSSR count). The number of piperidine rings is 1. The van der Waals surface area contributed by atoms with Crippen LogP contribution in [0.4, 0.5) is 10.1 Å². The molecule has 0 bridgehead atoms. The monoisotopic (exact) mass is 538 g/mol. The second-order valence-corrected chi connectivity index (χ2v) is 8.11. The second-order valence-electron chi connectivity index (χ2n) is 8.11. The molecule has 2 N–H and O–H groups in total. The highest BCUT2D eigenvalue weighted by Crippen LogP contribution is 2.33. The van der Waals surface area contributed by atoms with Crippen molar-refractivity contribution in [2.24, 2.45) is 10.9 Å². The number of anilines is 1. The highest BCUT2D eigenvalue weighted by atomic mass is 127. The zero-order chi connectivity index (χ0) is 20.8. The molecule has 2 saturated heterocycles. The summed E-state index contributed by atoms with van der Waals surface area (Å²) in [6, 6.07) is 17.6. The number of ether oxygens (including phenoxy) is 1. The van der Waals surface area contributed by atoms with Crippen molar-refractivity contribution in [3.05, 3.63) is 66.0 Å². The Labute approximate surface area is 201 Å². The van der Waals surface area contributed by atoms with Crippen LogP contribution in [0.2, 0.25) is 0 Å². The zero-order valence-electron chi connectivity index (χ0n) is 18.0. The molecule has 2 aromatic carbocycles. The van der Waals surface area contributed by atoms with E-state index >= 15 is 0 Å². The molecule has 0 radical (unpaired) electrons. The summed E-state index contributed by atoms with van der Waals surface area (Å²) >= 11 is 0. The molecule has 168 valence electrons. The normalized spacial score (nSPS) is 23.9. The lowest BCUT2D eigenvalue weighted by Gasteiger charge is -2.35. The Bertz CT molecular complexity index is 850. The Balaban J connectivity index is 0.00000272. The maximum Gasteiger partial charge on any atom is 0.191 e. The minimum absolute atomic E-state index is 0. The van der Waals surface area contributed by atoms with Gasteiger partial charge in [0, 0.05) is 50.9 Å². The van der Waals surface area contributed by atoms with Gasteiger partial charge in [-0.3, -0.25) is 4.99 Å². The van der Waals surface area contributed by atoms with Gasteiger partial charge in [0.15, 0.2) is 5.96 Å². The molecule has 0 saturated carbocycles. The fraction of sp³-hybridized carbons (Fsp3) is 0.458. The second kappa shape index (κ2) is 11.7. The third kappa shape index (κ3) is 6.32. The predicted molar refractivity (Wildman–Crippen MR) is 135 cm³/mol. The van der Waals surface area contributed by atoms with E-state index in [0.717, 1.165) is 57.2 Å². The molecule has 5 nitrogen and oxygen atoms in total. The van der Waals surface area contributed by atoms with E-state index in [9.17, 15) is 4.39 Å². The standard InChI is InChI=1S/C24H31FN4O.HI/c1-26-24(27-16-19-12-14-30-23(19)18-7-3-2-4-8-18)28-21-10-6-13-29(17-21)22-11-5-9-20(25)15-22;/h2-5,7-9,11,15,19,21,23H,6,10,12-14,16-17H2,1H3,(H2,26,27,28);1H. The summed E-state index contributed by atoms with van der Waals surface area (Å²) in [5.41, 5.74) is 2.18. The number of halogens is 2. The third-order valence-corrected chi connectivity index (χ3v) is 6.03. The van der Waals surface area contributed by atoms with Crippen molar-refractivity contribution in [2.45, 2.75) is 31.4 Å². The molecule has 0 spiro atoms. The summed E-state index contributed by atoms with van der Waals surface area (Å²) in [6.07, 6.45) is 3.32. The van der Waals surface area contributed by atoms with Crippen molar-refractivity contribution in [1.82, 2.24) is 10.6 Å². The first-order valence-electron chi connectivity index (χ1n) is 10.9. The van der Waals surface area contributed by atoms with Gasteiger partial charge in [-0.2, -0.15) is 0 Å². The Morgan fingerprint density at radius 1 is 1.16 bits per heavy atom. The molecular formula is C24H32FIN4O. The van der Waals surface area contributed by atoms with Crippen LogP contribution in [-0.4, -0.2) is 45.3 Å². The highest BCUT2D eigenvalue weighted by molar-refractivity contribution is 14.0.